The molecule has 6 nitrogen and oxygen atoms in total. The van der Waals surface area contributed by atoms with E-state index >= 15 is 0 Å². The van der Waals surface area contributed by atoms with Crippen molar-refractivity contribution >= 4 is 38.7 Å². The third kappa shape index (κ3) is 5.48. The quantitative estimate of drug-likeness (QED) is 0.248. The summed E-state index contributed by atoms with van der Waals surface area (Å²) in [5.41, 5.74) is 3.97. The molecular weight excluding hydrogens is 465 g/mol. The zero-order valence-corrected chi connectivity index (χ0v) is 20.2. The Morgan fingerprint density at radius 2 is 1.91 bits per heavy atom. The molecule has 1 aromatic heterocycles. The van der Waals surface area contributed by atoms with Gasteiger partial charge in [-0.1, -0.05) is 35.6 Å². The summed E-state index contributed by atoms with van der Waals surface area (Å²) in [6.07, 6.45) is 1.46. The Hall–Kier alpha value is -4.22. The number of ether oxygens (including phenoxy) is 2. The number of methoxy groups -OCH3 is 1. The number of nitriles is 1. The van der Waals surface area contributed by atoms with Crippen molar-refractivity contribution in [2.24, 2.45) is 0 Å². The lowest BCUT2D eigenvalue weighted by molar-refractivity contribution is -0.112. The highest BCUT2D eigenvalue weighted by Gasteiger charge is 2.14. The maximum atomic E-state index is 13.9. The minimum atomic E-state index is -0.557. The van der Waals surface area contributed by atoms with E-state index < -0.39 is 5.91 Å². The van der Waals surface area contributed by atoms with Gasteiger partial charge in [0.2, 0.25) is 0 Å². The molecule has 8 heteroatoms. The highest BCUT2D eigenvalue weighted by atomic mass is 32.1. The van der Waals surface area contributed by atoms with Crippen LogP contribution < -0.4 is 14.8 Å². The summed E-state index contributed by atoms with van der Waals surface area (Å²) in [7, 11) is 1.48. The molecule has 0 aliphatic carbocycles. The van der Waals surface area contributed by atoms with Crippen molar-refractivity contribution in [2.75, 3.05) is 12.4 Å². The van der Waals surface area contributed by atoms with Crippen LogP contribution in [0.2, 0.25) is 0 Å². The standard InChI is InChI=1S/C27H22FN3O3S/c1-16-10-22-25(11-17(16)2)35-27(30-22)31-26(32)20(14-29)12-18-8-9-23(24(13-18)33-3)34-15-19-6-4-5-7-21(19)28/h4-13H,15H2,1-3H3,(H,30,31,32)/b20-12+. The summed E-state index contributed by atoms with van der Waals surface area (Å²) in [4.78, 5) is 17.2. The number of nitrogens with one attached hydrogen (secondary N) is 1. The molecule has 0 aliphatic heterocycles. The van der Waals surface area contributed by atoms with E-state index in [1.807, 2.05) is 32.0 Å². The summed E-state index contributed by atoms with van der Waals surface area (Å²) in [5, 5.41) is 12.7. The van der Waals surface area contributed by atoms with E-state index in [2.05, 4.69) is 10.3 Å². The lowest BCUT2D eigenvalue weighted by Gasteiger charge is -2.12. The van der Waals surface area contributed by atoms with Gasteiger partial charge in [-0.15, -0.1) is 0 Å². The number of carbonyl (C=O) groups is 1. The molecule has 3 aromatic carbocycles. The summed E-state index contributed by atoms with van der Waals surface area (Å²) in [5.74, 6) is -0.103. The predicted octanol–water partition coefficient (Wildman–Crippen LogP) is 6.19. The molecule has 0 spiro atoms. The minimum absolute atomic E-state index is 0.0330. The monoisotopic (exact) mass is 487 g/mol. The molecule has 1 heterocycles. The van der Waals surface area contributed by atoms with Crippen molar-refractivity contribution in [3.05, 3.63) is 88.2 Å². The Balaban J connectivity index is 1.51. The fourth-order valence-electron chi connectivity index (χ4n) is 3.38. The van der Waals surface area contributed by atoms with Gasteiger partial charge in [-0.3, -0.25) is 10.1 Å². The highest BCUT2D eigenvalue weighted by molar-refractivity contribution is 7.22. The van der Waals surface area contributed by atoms with Crippen LogP contribution in [0.4, 0.5) is 9.52 Å². The number of rotatable bonds is 7. The third-order valence-corrected chi connectivity index (χ3v) is 6.36. The second-order valence-electron chi connectivity index (χ2n) is 7.84. The molecule has 0 atom stereocenters. The van der Waals surface area contributed by atoms with Crippen molar-refractivity contribution in [1.29, 1.82) is 5.26 Å². The Kier molecular flexibility index (Phi) is 7.09. The van der Waals surface area contributed by atoms with Crippen molar-refractivity contribution in [3.8, 4) is 17.6 Å². The number of benzene rings is 3. The van der Waals surface area contributed by atoms with Gasteiger partial charge in [-0.25, -0.2) is 9.37 Å². The van der Waals surface area contributed by atoms with Crippen LogP contribution in [-0.2, 0) is 11.4 Å². The van der Waals surface area contributed by atoms with E-state index in [4.69, 9.17) is 9.47 Å². The van der Waals surface area contributed by atoms with Crippen LogP contribution in [0.3, 0.4) is 0 Å². The van der Waals surface area contributed by atoms with E-state index in [9.17, 15) is 14.4 Å². The van der Waals surface area contributed by atoms with Crippen LogP contribution in [0, 0.1) is 31.0 Å². The Morgan fingerprint density at radius 3 is 2.66 bits per heavy atom. The third-order valence-electron chi connectivity index (χ3n) is 5.43. The van der Waals surface area contributed by atoms with Crippen molar-refractivity contribution in [3.63, 3.8) is 0 Å². The smallest absolute Gasteiger partial charge is 0.268 e. The summed E-state index contributed by atoms with van der Waals surface area (Å²) >= 11 is 1.35. The maximum Gasteiger partial charge on any atom is 0.268 e. The first-order chi connectivity index (χ1) is 16.9. The number of halogens is 1. The summed E-state index contributed by atoms with van der Waals surface area (Å²) in [6.45, 7) is 4.06. The SMILES string of the molecule is COc1cc(/C=C(\C#N)C(=O)Nc2nc3cc(C)c(C)cc3s2)ccc1OCc1ccccc1F. The number of anilines is 1. The maximum absolute atomic E-state index is 13.9. The van der Waals surface area contributed by atoms with Gasteiger partial charge < -0.3 is 9.47 Å². The number of amides is 1. The largest absolute Gasteiger partial charge is 0.493 e. The summed E-state index contributed by atoms with van der Waals surface area (Å²) < 4.78 is 25.9. The second-order valence-corrected chi connectivity index (χ2v) is 8.87. The van der Waals surface area contributed by atoms with Crippen LogP contribution in [0.15, 0.2) is 60.2 Å². The van der Waals surface area contributed by atoms with Gasteiger partial charge in [0.1, 0.15) is 24.1 Å². The average Bonchev–Trinajstić information content (AvgIpc) is 3.23. The van der Waals surface area contributed by atoms with E-state index in [-0.39, 0.29) is 18.0 Å². The number of aryl methyl sites for hydroxylation is 2. The van der Waals surface area contributed by atoms with Gasteiger partial charge in [-0.05, 0) is 66.9 Å². The molecule has 1 amide bonds. The molecule has 0 bridgehead atoms. The van der Waals surface area contributed by atoms with Crippen molar-refractivity contribution < 1.29 is 18.7 Å². The molecular formula is C27H22FN3O3S. The first kappa shape index (κ1) is 23.9. The first-order valence-electron chi connectivity index (χ1n) is 10.7. The van der Waals surface area contributed by atoms with Gasteiger partial charge in [0.05, 0.1) is 17.3 Å². The normalized spacial score (nSPS) is 11.2. The van der Waals surface area contributed by atoms with E-state index in [0.717, 1.165) is 21.3 Å². The van der Waals surface area contributed by atoms with Gasteiger partial charge in [-0.2, -0.15) is 5.26 Å². The molecule has 4 rings (SSSR count). The molecule has 0 saturated carbocycles. The number of hydrogen-bond donors (Lipinski definition) is 1. The fourth-order valence-corrected chi connectivity index (χ4v) is 4.32. The molecule has 0 aliphatic rings. The van der Waals surface area contributed by atoms with Crippen molar-refractivity contribution in [2.45, 2.75) is 20.5 Å². The number of hydrogen-bond acceptors (Lipinski definition) is 6. The number of nitrogens with zero attached hydrogens (tertiary/aromatic N) is 2. The van der Waals surface area contributed by atoms with Gasteiger partial charge in [0.25, 0.3) is 5.91 Å². The topological polar surface area (TPSA) is 84.2 Å². The summed E-state index contributed by atoms with van der Waals surface area (Å²) in [6, 6.07) is 17.3. The lowest BCUT2D eigenvalue weighted by atomic mass is 10.1. The second kappa shape index (κ2) is 10.4. The van der Waals surface area contributed by atoms with Crippen LogP contribution >= 0.6 is 11.3 Å². The number of fused-ring (bicyclic) bond motifs is 1. The van der Waals surface area contributed by atoms with Crippen molar-refractivity contribution in [1.82, 2.24) is 4.98 Å². The molecule has 1 N–H and O–H groups in total. The van der Waals surface area contributed by atoms with Crippen LogP contribution in [0.5, 0.6) is 11.5 Å². The molecule has 0 radical (unpaired) electrons. The van der Waals surface area contributed by atoms with E-state index in [0.29, 0.717) is 27.8 Å². The molecule has 0 fully saturated rings. The molecule has 35 heavy (non-hydrogen) atoms. The zero-order valence-electron chi connectivity index (χ0n) is 19.4. The zero-order chi connectivity index (χ0) is 24.9. The molecule has 0 unspecified atom stereocenters. The average molecular weight is 488 g/mol. The number of thiazole rings is 1. The van der Waals surface area contributed by atoms with Gasteiger partial charge >= 0.3 is 0 Å². The Morgan fingerprint density at radius 1 is 1.14 bits per heavy atom. The van der Waals surface area contributed by atoms with Crippen LogP contribution in [-0.4, -0.2) is 18.0 Å². The van der Waals surface area contributed by atoms with E-state index in [1.165, 1.54) is 30.6 Å². The molecule has 176 valence electrons. The Bertz CT molecular complexity index is 1450. The van der Waals surface area contributed by atoms with E-state index in [1.54, 1.807) is 36.4 Å². The highest BCUT2D eigenvalue weighted by Crippen LogP contribution is 2.31. The fraction of sp³-hybridized carbons (Fsp3) is 0.148. The van der Waals surface area contributed by atoms with Gasteiger partial charge in [0, 0.05) is 5.56 Å². The minimum Gasteiger partial charge on any atom is -0.493 e. The first-order valence-corrected chi connectivity index (χ1v) is 11.5. The Labute approximate surface area is 206 Å². The lowest BCUT2D eigenvalue weighted by Crippen LogP contribution is -2.13. The van der Waals surface area contributed by atoms with Crippen LogP contribution in [0.1, 0.15) is 22.3 Å². The number of carbonyl (C=O) groups excluding carboxylic acids is 1. The molecule has 4 aromatic rings. The number of aromatic nitrogens is 1. The predicted molar refractivity (Wildman–Crippen MR) is 135 cm³/mol. The van der Waals surface area contributed by atoms with Crippen LogP contribution in [0.25, 0.3) is 16.3 Å². The molecule has 0 saturated heterocycles. The van der Waals surface area contributed by atoms with Gasteiger partial charge in [0.15, 0.2) is 16.6 Å².